The highest BCUT2D eigenvalue weighted by Crippen LogP contribution is 2.03. The minimum Gasteiger partial charge on any atom is -0.545 e. The zero-order valence-corrected chi connectivity index (χ0v) is 6.89. The lowest BCUT2D eigenvalue weighted by atomic mass is 10.3. The van der Waals surface area contributed by atoms with Gasteiger partial charge in [0.2, 0.25) is 0 Å². The Bertz CT molecular complexity index is 296. The van der Waals surface area contributed by atoms with Crippen molar-refractivity contribution >= 4 is 11.8 Å². The molecule has 0 radical (unpaired) electrons. The Morgan fingerprint density at radius 1 is 1.69 bits per heavy atom. The molecule has 6 heteroatoms. The summed E-state index contributed by atoms with van der Waals surface area (Å²) in [6, 6.07) is 2.74. The van der Waals surface area contributed by atoms with Gasteiger partial charge in [-0.15, -0.1) is 5.17 Å². The number of rotatable bonds is 3. The molecular formula is C7H8N3O3-. The van der Waals surface area contributed by atoms with Gasteiger partial charge in [-0.25, -0.2) is 4.98 Å². The van der Waals surface area contributed by atoms with E-state index in [1.807, 2.05) is 0 Å². The third kappa shape index (κ3) is 2.69. The van der Waals surface area contributed by atoms with Crippen molar-refractivity contribution in [2.45, 2.75) is 0 Å². The lowest BCUT2D eigenvalue weighted by molar-refractivity contribution is -0.255. The zero-order valence-electron chi connectivity index (χ0n) is 6.89. The smallest absolute Gasteiger partial charge is 0.142 e. The molecule has 0 aromatic carbocycles. The van der Waals surface area contributed by atoms with Crippen molar-refractivity contribution in [2.75, 3.05) is 12.5 Å². The van der Waals surface area contributed by atoms with Crippen molar-refractivity contribution in [1.29, 1.82) is 0 Å². The number of aromatic carboxylic acids is 1. The number of anilines is 1. The van der Waals surface area contributed by atoms with E-state index in [1.165, 1.54) is 19.2 Å². The lowest BCUT2D eigenvalue weighted by Gasteiger charge is -2.10. The molecule has 70 valence electrons. The Morgan fingerprint density at radius 2 is 2.38 bits per heavy atom. The second kappa shape index (κ2) is 3.83. The molecule has 0 fully saturated rings. The van der Waals surface area contributed by atoms with Gasteiger partial charge in [0, 0.05) is 18.8 Å². The number of hydroxylamine groups is 1. The maximum absolute atomic E-state index is 10.3. The van der Waals surface area contributed by atoms with Crippen molar-refractivity contribution < 1.29 is 15.1 Å². The molecule has 0 amide bonds. The molecule has 1 aromatic rings. The second-order valence-electron chi connectivity index (χ2n) is 2.35. The Labute approximate surface area is 74.4 Å². The van der Waals surface area contributed by atoms with E-state index >= 15 is 0 Å². The normalized spacial score (nSPS) is 10.1. The number of carboxylic acid groups (broad SMARTS) is 1. The van der Waals surface area contributed by atoms with Crippen LogP contribution in [0.3, 0.4) is 0 Å². The van der Waals surface area contributed by atoms with Crippen LogP contribution in [0.5, 0.6) is 0 Å². The minimum absolute atomic E-state index is 0.00820. The number of pyridine rings is 1. The standard InChI is InChI=1S/C7H9N3O3/c1-10(13)9-6-3-2-5(4-8-6)7(11)12/h2-4,13H,1H3,(H,8,9)(H,11,12)/p-1. The van der Waals surface area contributed by atoms with Crippen LogP contribution in [-0.4, -0.2) is 28.4 Å². The molecule has 1 aromatic heterocycles. The van der Waals surface area contributed by atoms with E-state index in [-0.39, 0.29) is 5.56 Å². The highest BCUT2D eigenvalue weighted by Gasteiger charge is 1.96. The average Bonchev–Trinajstić information content (AvgIpc) is 2.04. The Hall–Kier alpha value is -1.66. The molecule has 0 unspecified atom stereocenters. The van der Waals surface area contributed by atoms with Crippen LogP contribution >= 0.6 is 0 Å². The van der Waals surface area contributed by atoms with Gasteiger partial charge in [0.25, 0.3) is 0 Å². The molecule has 0 saturated heterocycles. The summed E-state index contributed by atoms with van der Waals surface area (Å²) >= 11 is 0. The van der Waals surface area contributed by atoms with E-state index in [0.717, 1.165) is 6.20 Å². The second-order valence-corrected chi connectivity index (χ2v) is 2.35. The summed E-state index contributed by atoms with van der Waals surface area (Å²) in [6.07, 6.45) is 1.14. The minimum atomic E-state index is -1.28. The number of hydrogen-bond acceptors (Lipinski definition) is 6. The number of nitrogens with zero attached hydrogens (tertiary/aromatic N) is 2. The topological polar surface area (TPSA) is 88.5 Å². The Morgan fingerprint density at radius 3 is 2.77 bits per heavy atom. The molecule has 0 aliphatic carbocycles. The maximum atomic E-state index is 10.3. The van der Waals surface area contributed by atoms with Crippen molar-refractivity contribution in [2.24, 2.45) is 0 Å². The summed E-state index contributed by atoms with van der Waals surface area (Å²) in [5.41, 5.74) is 2.43. The van der Waals surface area contributed by atoms with Crippen LogP contribution in [0.2, 0.25) is 0 Å². The third-order valence-electron chi connectivity index (χ3n) is 1.28. The molecule has 0 bridgehead atoms. The molecule has 0 spiro atoms. The van der Waals surface area contributed by atoms with Crippen molar-refractivity contribution in [1.82, 2.24) is 10.2 Å². The summed E-state index contributed by atoms with van der Waals surface area (Å²) in [4.78, 5) is 14.0. The average molecular weight is 182 g/mol. The zero-order chi connectivity index (χ0) is 9.84. The van der Waals surface area contributed by atoms with E-state index < -0.39 is 5.97 Å². The maximum Gasteiger partial charge on any atom is 0.142 e. The van der Waals surface area contributed by atoms with Crippen molar-refractivity contribution in [3.05, 3.63) is 23.9 Å². The highest BCUT2D eigenvalue weighted by molar-refractivity contribution is 5.85. The van der Waals surface area contributed by atoms with Crippen LogP contribution in [0.15, 0.2) is 18.3 Å². The first kappa shape index (κ1) is 9.43. The highest BCUT2D eigenvalue weighted by atomic mass is 16.5. The number of hydrazine groups is 1. The summed E-state index contributed by atoms with van der Waals surface area (Å²) in [7, 11) is 1.37. The predicted molar refractivity (Wildman–Crippen MR) is 41.7 cm³/mol. The first-order chi connectivity index (χ1) is 6.09. The van der Waals surface area contributed by atoms with Crippen LogP contribution in [-0.2, 0) is 0 Å². The summed E-state index contributed by atoms with van der Waals surface area (Å²) in [6.45, 7) is 0. The first-order valence-electron chi connectivity index (χ1n) is 3.46. The van der Waals surface area contributed by atoms with Crippen LogP contribution in [0.25, 0.3) is 0 Å². The van der Waals surface area contributed by atoms with E-state index in [0.29, 0.717) is 11.0 Å². The third-order valence-corrected chi connectivity index (χ3v) is 1.28. The van der Waals surface area contributed by atoms with E-state index in [2.05, 4.69) is 10.4 Å². The SMILES string of the molecule is CN(O)Nc1ccc(C(=O)[O-])cn1. The quantitative estimate of drug-likeness (QED) is 0.588. The van der Waals surface area contributed by atoms with Gasteiger partial charge in [0.1, 0.15) is 5.82 Å². The van der Waals surface area contributed by atoms with Gasteiger partial charge < -0.3 is 9.90 Å². The van der Waals surface area contributed by atoms with Crippen LogP contribution in [0, 0.1) is 0 Å². The number of carbonyl (C=O) groups excluding carboxylic acids is 1. The largest absolute Gasteiger partial charge is 0.545 e. The first-order valence-corrected chi connectivity index (χ1v) is 3.46. The van der Waals surface area contributed by atoms with Gasteiger partial charge in [0.05, 0.1) is 5.97 Å². The van der Waals surface area contributed by atoms with Gasteiger partial charge in [-0.3, -0.25) is 10.6 Å². The molecule has 2 N–H and O–H groups in total. The number of carbonyl (C=O) groups is 1. The summed E-state index contributed by atoms with van der Waals surface area (Å²) < 4.78 is 0. The molecule has 1 rings (SSSR count). The fraction of sp³-hybridized carbons (Fsp3) is 0.143. The van der Waals surface area contributed by atoms with Crippen LogP contribution in [0.1, 0.15) is 10.4 Å². The number of nitrogens with one attached hydrogen (secondary N) is 1. The number of carboxylic acids is 1. The fourth-order valence-electron chi connectivity index (χ4n) is 0.747. The fourth-order valence-corrected chi connectivity index (χ4v) is 0.747. The predicted octanol–water partition coefficient (Wildman–Crippen LogP) is -0.907. The van der Waals surface area contributed by atoms with E-state index in [1.54, 1.807) is 0 Å². The van der Waals surface area contributed by atoms with Gasteiger partial charge in [-0.05, 0) is 12.1 Å². The molecule has 0 aliphatic heterocycles. The van der Waals surface area contributed by atoms with Gasteiger partial charge >= 0.3 is 0 Å². The summed E-state index contributed by atoms with van der Waals surface area (Å²) in [5.74, 6) is -0.939. The molecule has 1 heterocycles. The van der Waals surface area contributed by atoms with Gasteiger partial charge in [0.15, 0.2) is 0 Å². The number of hydrogen-bond donors (Lipinski definition) is 2. The molecule has 0 aliphatic rings. The Kier molecular flexibility index (Phi) is 2.78. The van der Waals surface area contributed by atoms with Crippen LogP contribution < -0.4 is 10.5 Å². The molecule has 13 heavy (non-hydrogen) atoms. The van der Waals surface area contributed by atoms with Gasteiger partial charge in [-0.2, -0.15) is 0 Å². The molecule has 0 saturated carbocycles. The molecule has 6 nitrogen and oxygen atoms in total. The van der Waals surface area contributed by atoms with E-state index in [4.69, 9.17) is 5.21 Å². The molecular weight excluding hydrogens is 174 g/mol. The van der Waals surface area contributed by atoms with Crippen LogP contribution in [0.4, 0.5) is 5.82 Å². The summed E-state index contributed by atoms with van der Waals surface area (Å²) in [5, 5.41) is 19.8. The van der Waals surface area contributed by atoms with Crippen molar-refractivity contribution in [3.8, 4) is 0 Å². The Balaban J connectivity index is 2.75. The number of aromatic nitrogens is 1. The van der Waals surface area contributed by atoms with Crippen molar-refractivity contribution in [3.63, 3.8) is 0 Å². The van der Waals surface area contributed by atoms with Gasteiger partial charge in [-0.1, -0.05) is 0 Å². The molecule has 0 atom stereocenters. The monoisotopic (exact) mass is 182 g/mol. The lowest BCUT2D eigenvalue weighted by Crippen LogP contribution is -2.23. The van der Waals surface area contributed by atoms with E-state index in [9.17, 15) is 9.90 Å².